The molecule has 0 unspecified atom stereocenters. The average Bonchev–Trinajstić information content (AvgIpc) is 3.12. The maximum atomic E-state index is 12.1. The highest BCUT2D eigenvalue weighted by atomic mass is 32.2. The molecule has 1 heterocycles. The number of aromatic nitrogens is 2. The molecule has 4 nitrogen and oxygen atoms in total. The van der Waals surface area contributed by atoms with Gasteiger partial charge in [-0.05, 0) is 42.5 Å². The molecule has 1 fully saturated rings. The van der Waals surface area contributed by atoms with Crippen LogP contribution in [0.4, 0.5) is 0 Å². The zero-order valence-electron chi connectivity index (χ0n) is 14.1. The van der Waals surface area contributed by atoms with Crippen LogP contribution >= 0.6 is 11.8 Å². The molecule has 3 rings (SSSR count). The van der Waals surface area contributed by atoms with E-state index in [0.717, 1.165) is 17.9 Å². The van der Waals surface area contributed by atoms with Crippen molar-refractivity contribution >= 4 is 17.7 Å². The van der Waals surface area contributed by atoms with Crippen molar-refractivity contribution in [1.82, 2.24) is 15.1 Å². The molecule has 0 bridgehead atoms. The third-order valence-electron chi connectivity index (χ3n) is 4.67. The second kappa shape index (κ2) is 8.38. The summed E-state index contributed by atoms with van der Waals surface area (Å²) in [6.45, 7) is 2.25. The van der Waals surface area contributed by atoms with Crippen LogP contribution in [-0.4, -0.2) is 27.5 Å². The summed E-state index contributed by atoms with van der Waals surface area (Å²) in [4.78, 5) is 12.1. The average molecular weight is 343 g/mol. The molecule has 1 aliphatic rings. The first kappa shape index (κ1) is 17.1. The summed E-state index contributed by atoms with van der Waals surface area (Å²) in [5, 5.41) is 7.43. The van der Waals surface area contributed by atoms with E-state index in [2.05, 4.69) is 41.6 Å². The third-order valence-corrected chi connectivity index (χ3v) is 5.67. The van der Waals surface area contributed by atoms with Crippen LogP contribution < -0.4 is 5.32 Å². The van der Waals surface area contributed by atoms with E-state index in [1.807, 2.05) is 16.9 Å². The van der Waals surface area contributed by atoms with Gasteiger partial charge < -0.3 is 5.32 Å². The molecule has 1 aromatic carbocycles. The quantitative estimate of drug-likeness (QED) is 0.868. The Labute approximate surface area is 148 Å². The predicted molar refractivity (Wildman–Crippen MR) is 99.3 cm³/mol. The molecule has 0 aliphatic heterocycles. The highest BCUT2D eigenvalue weighted by molar-refractivity contribution is 7.99. The van der Waals surface area contributed by atoms with Gasteiger partial charge in [0, 0.05) is 24.2 Å². The fourth-order valence-electron chi connectivity index (χ4n) is 3.21. The van der Waals surface area contributed by atoms with Crippen LogP contribution in [0.5, 0.6) is 0 Å². The van der Waals surface area contributed by atoms with Crippen molar-refractivity contribution in [3.63, 3.8) is 0 Å². The van der Waals surface area contributed by atoms with E-state index in [1.54, 1.807) is 18.0 Å². The van der Waals surface area contributed by atoms with E-state index in [9.17, 15) is 4.79 Å². The zero-order valence-corrected chi connectivity index (χ0v) is 15.0. The van der Waals surface area contributed by atoms with Crippen LogP contribution in [0.25, 0.3) is 5.69 Å². The first-order valence-corrected chi connectivity index (χ1v) is 9.84. The van der Waals surface area contributed by atoms with Crippen LogP contribution in [-0.2, 0) is 10.5 Å². The summed E-state index contributed by atoms with van der Waals surface area (Å²) >= 11 is 1.67. The first-order valence-electron chi connectivity index (χ1n) is 8.68. The molecule has 2 atom stereocenters. The maximum Gasteiger partial charge on any atom is 0.230 e. The number of benzene rings is 1. The molecule has 1 amide bonds. The van der Waals surface area contributed by atoms with Crippen LogP contribution in [0.1, 0.15) is 38.2 Å². The van der Waals surface area contributed by atoms with E-state index in [1.165, 1.54) is 24.8 Å². The Hall–Kier alpha value is -1.75. The number of carbonyl (C=O) groups excluding carboxylic acids is 1. The predicted octanol–water partition coefficient (Wildman–Crippen LogP) is 3.80. The fourth-order valence-corrected chi connectivity index (χ4v) is 4.01. The van der Waals surface area contributed by atoms with E-state index >= 15 is 0 Å². The minimum atomic E-state index is 0.173. The van der Waals surface area contributed by atoms with Gasteiger partial charge in [-0.1, -0.05) is 31.9 Å². The number of hydrogen-bond acceptors (Lipinski definition) is 3. The number of nitrogens with one attached hydrogen (secondary N) is 1. The zero-order chi connectivity index (χ0) is 16.8. The normalized spacial score (nSPS) is 20.7. The van der Waals surface area contributed by atoms with Gasteiger partial charge in [0.25, 0.3) is 0 Å². The Balaban J connectivity index is 1.42. The van der Waals surface area contributed by atoms with E-state index in [-0.39, 0.29) is 5.91 Å². The van der Waals surface area contributed by atoms with Crippen molar-refractivity contribution in [1.29, 1.82) is 0 Å². The van der Waals surface area contributed by atoms with Gasteiger partial charge in [0.15, 0.2) is 0 Å². The van der Waals surface area contributed by atoms with Gasteiger partial charge in [0.2, 0.25) is 5.91 Å². The highest BCUT2D eigenvalue weighted by Crippen LogP contribution is 2.24. The molecule has 5 heteroatoms. The van der Waals surface area contributed by atoms with Crippen LogP contribution in [0, 0.1) is 5.92 Å². The standard InChI is InChI=1S/C19H25N3OS/c1-15-5-2-3-6-18(15)21-19(23)14-24-13-16-7-9-17(10-8-16)22-12-4-11-20-22/h4,7-12,15,18H,2-3,5-6,13-14H2,1H3,(H,21,23)/t15-,18-/m1/s1. The molecule has 1 N–H and O–H groups in total. The summed E-state index contributed by atoms with van der Waals surface area (Å²) in [6.07, 6.45) is 8.62. The number of amides is 1. The Kier molecular flexibility index (Phi) is 5.96. The lowest BCUT2D eigenvalue weighted by Gasteiger charge is -2.29. The molecule has 24 heavy (non-hydrogen) atoms. The molecule has 0 radical (unpaired) electrons. The van der Waals surface area contributed by atoms with Crippen molar-refractivity contribution in [2.75, 3.05) is 5.75 Å². The van der Waals surface area contributed by atoms with E-state index < -0.39 is 0 Å². The number of hydrogen-bond donors (Lipinski definition) is 1. The molecule has 1 aliphatic carbocycles. The van der Waals surface area contributed by atoms with Gasteiger partial charge in [0.1, 0.15) is 0 Å². The Morgan fingerprint density at radius 2 is 2.08 bits per heavy atom. The van der Waals surface area contributed by atoms with Gasteiger partial charge in [0.05, 0.1) is 11.4 Å². The lowest BCUT2D eigenvalue weighted by Crippen LogP contribution is -2.41. The minimum Gasteiger partial charge on any atom is -0.352 e. The van der Waals surface area contributed by atoms with Gasteiger partial charge in [-0.2, -0.15) is 5.10 Å². The first-order chi connectivity index (χ1) is 11.7. The summed E-state index contributed by atoms with van der Waals surface area (Å²) < 4.78 is 1.84. The van der Waals surface area contributed by atoms with Crippen molar-refractivity contribution < 1.29 is 4.79 Å². The maximum absolute atomic E-state index is 12.1. The topological polar surface area (TPSA) is 46.9 Å². The number of thioether (sulfide) groups is 1. The summed E-state index contributed by atoms with van der Waals surface area (Å²) in [5.74, 6) is 2.17. The Bertz CT molecular complexity index is 639. The van der Waals surface area contributed by atoms with Crippen molar-refractivity contribution in [2.24, 2.45) is 5.92 Å². The monoisotopic (exact) mass is 343 g/mol. The molecule has 2 aromatic rings. The van der Waals surface area contributed by atoms with Gasteiger partial charge in [-0.15, -0.1) is 11.8 Å². The van der Waals surface area contributed by atoms with E-state index in [4.69, 9.17) is 0 Å². The van der Waals surface area contributed by atoms with Crippen LogP contribution in [0.15, 0.2) is 42.7 Å². The summed E-state index contributed by atoms with van der Waals surface area (Å²) in [7, 11) is 0. The second-order valence-corrected chi connectivity index (χ2v) is 7.53. The molecule has 1 aromatic heterocycles. The third kappa shape index (κ3) is 4.63. The molecule has 0 saturated heterocycles. The largest absolute Gasteiger partial charge is 0.352 e. The van der Waals surface area contributed by atoms with Crippen LogP contribution in [0.3, 0.4) is 0 Å². The minimum absolute atomic E-state index is 0.173. The number of nitrogens with zero attached hydrogens (tertiary/aromatic N) is 2. The Morgan fingerprint density at radius 1 is 1.29 bits per heavy atom. The second-order valence-electron chi connectivity index (χ2n) is 6.55. The van der Waals surface area contributed by atoms with Crippen molar-refractivity contribution in [3.8, 4) is 5.69 Å². The molecule has 128 valence electrons. The van der Waals surface area contributed by atoms with Gasteiger partial charge >= 0.3 is 0 Å². The van der Waals surface area contributed by atoms with Gasteiger partial charge in [-0.25, -0.2) is 4.68 Å². The molecule has 1 saturated carbocycles. The number of rotatable bonds is 6. The van der Waals surface area contributed by atoms with E-state index in [0.29, 0.717) is 17.7 Å². The molecular formula is C19H25N3OS. The Morgan fingerprint density at radius 3 is 2.79 bits per heavy atom. The van der Waals surface area contributed by atoms with Crippen molar-refractivity contribution in [2.45, 2.75) is 44.4 Å². The summed E-state index contributed by atoms with van der Waals surface area (Å²) in [5.41, 5.74) is 2.28. The molecular weight excluding hydrogens is 318 g/mol. The lowest BCUT2D eigenvalue weighted by atomic mass is 9.86. The fraction of sp³-hybridized carbons (Fsp3) is 0.474. The van der Waals surface area contributed by atoms with Gasteiger partial charge in [-0.3, -0.25) is 4.79 Å². The lowest BCUT2D eigenvalue weighted by molar-refractivity contribution is -0.119. The SMILES string of the molecule is C[C@@H]1CCCC[C@H]1NC(=O)CSCc1ccc(-n2cccn2)cc1. The smallest absolute Gasteiger partial charge is 0.230 e. The highest BCUT2D eigenvalue weighted by Gasteiger charge is 2.22. The number of carbonyl (C=O) groups is 1. The summed E-state index contributed by atoms with van der Waals surface area (Å²) in [6, 6.07) is 10.6. The van der Waals surface area contributed by atoms with Crippen molar-refractivity contribution in [3.05, 3.63) is 48.3 Å². The van der Waals surface area contributed by atoms with Crippen LogP contribution in [0.2, 0.25) is 0 Å². The molecule has 0 spiro atoms.